The Morgan fingerprint density at radius 1 is 0.686 bits per heavy atom. The first-order chi connectivity index (χ1) is 47.8. The van der Waals surface area contributed by atoms with Gasteiger partial charge < -0.3 is 59.9 Å². The third-order valence-corrected chi connectivity index (χ3v) is 21.3. The average Bonchev–Trinajstić information content (AvgIpc) is 1.17. The summed E-state index contributed by atoms with van der Waals surface area (Å²) in [5, 5.41) is 8.87. The number of amides is 10. The van der Waals surface area contributed by atoms with Gasteiger partial charge in [0.25, 0.3) is 5.91 Å². The molecule has 10 atom stereocenters. The van der Waals surface area contributed by atoms with Gasteiger partial charge in [0, 0.05) is 86.9 Å². The van der Waals surface area contributed by atoms with Crippen LogP contribution in [0.2, 0.25) is 0 Å². The number of nitrogens with zero attached hydrogens (tertiary/aromatic N) is 8. The lowest BCUT2D eigenvalue weighted by Gasteiger charge is -2.45. The average molecular weight is 1450 g/mol. The third kappa shape index (κ3) is 19.0. The molecule has 0 aromatic heterocycles. The number of likely N-dealkylation sites (N-methyl/N-ethyl adjacent to an activating group) is 6. The predicted octanol–water partition coefficient (Wildman–Crippen LogP) is 7.10. The summed E-state index contributed by atoms with van der Waals surface area (Å²) in [6.07, 6.45) is -6.70. The van der Waals surface area contributed by atoms with E-state index in [1.165, 1.54) is 53.7 Å². The van der Waals surface area contributed by atoms with Crippen molar-refractivity contribution in [2.75, 3.05) is 75.1 Å². The maximum atomic E-state index is 15.5. The zero-order valence-corrected chi connectivity index (χ0v) is 60.7. The molecular formula is C72H101F8N11O11. The normalized spacial score (nSPS) is 26.6. The summed E-state index contributed by atoms with van der Waals surface area (Å²) in [4.78, 5) is 159. The van der Waals surface area contributed by atoms with Crippen molar-refractivity contribution >= 4 is 59.1 Å². The van der Waals surface area contributed by atoms with Crippen LogP contribution in [0.1, 0.15) is 154 Å². The number of benzene rings is 2. The lowest BCUT2D eigenvalue weighted by atomic mass is 9.90. The SMILES string of the molecule is CCO[C@@H]1C=C2C(=O)NC3(CCCC3)C(=O)N(C)[C@@H](C3CCCC3)C(=O)N(C)[C@H](C)CC(=O)N(C)[C@@H](CC(C)C)CN[C@@H]([C@@H](C)CC)C(=O)N(C)[C@@H](C)C(=O)N3CC[C@H]3C(=O)N(C)[C@@H](Cc3ccc(C(F)(F)F)cc3)C(=O)N(C)CC(=O)N[C@@H](CCc3cc(F)c(C(F)(F)F)c(F)c3)C(=O)N2C1. The van der Waals surface area contributed by atoms with Crippen molar-refractivity contribution in [3.63, 3.8) is 0 Å². The molecule has 0 unspecified atom stereocenters. The van der Waals surface area contributed by atoms with Crippen LogP contribution in [0.15, 0.2) is 48.2 Å². The fourth-order valence-electron chi connectivity index (χ4n) is 14.6. The van der Waals surface area contributed by atoms with Crippen molar-refractivity contribution in [3.05, 3.63) is 82.1 Å². The number of halogens is 8. The number of carbonyl (C=O) groups excluding carboxylic acids is 10. The zero-order valence-electron chi connectivity index (χ0n) is 60.7. The molecule has 30 heteroatoms. The Bertz CT molecular complexity index is 3390. The number of alkyl halides is 6. The Balaban J connectivity index is 1.30. The van der Waals surface area contributed by atoms with E-state index in [9.17, 15) is 55.1 Å². The van der Waals surface area contributed by atoms with Crippen LogP contribution >= 0.6 is 0 Å². The van der Waals surface area contributed by atoms with E-state index in [0.29, 0.717) is 50.7 Å². The highest BCUT2D eigenvalue weighted by Crippen LogP contribution is 2.39. The second kappa shape index (κ2) is 34.2. The van der Waals surface area contributed by atoms with Crippen molar-refractivity contribution in [1.82, 2.24) is 55.1 Å². The molecule has 22 nitrogen and oxygen atoms in total. The molecule has 3 heterocycles. The number of hydrogen-bond donors (Lipinski definition) is 3. The van der Waals surface area contributed by atoms with Crippen LogP contribution in [0.3, 0.4) is 0 Å². The second-order valence-electron chi connectivity index (χ2n) is 28.8. The molecule has 2 aliphatic carbocycles. The first-order valence-electron chi connectivity index (χ1n) is 35.4. The lowest BCUT2D eigenvalue weighted by Crippen LogP contribution is -2.65. The Kier molecular flexibility index (Phi) is 27.4. The summed E-state index contributed by atoms with van der Waals surface area (Å²) in [6, 6.07) is -4.33. The van der Waals surface area contributed by atoms with Crippen molar-refractivity contribution in [2.45, 2.75) is 217 Å². The number of hydrogen-bond acceptors (Lipinski definition) is 12. The van der Waals surface area contributed by atoms with Crippen LogP contribution in [0.25, 0.3) is 0 Å². The Morgan fingerprint density at radius 2 is 1.30 bits per heavy atom. The van der Waals surface area contributed by atoms with E-state index in [2.05, 4.69) is 16.0 Å². The fourth-order valence-corrected chi connectivity index (χ4v) is 14.6. The van der Waals surface area contributed by atoms with Gasteiger partial charge >= 0.3 is 12.4 Å². The minimum atomic E-state index is -5.44. The third-order valence-electron chi connectivity index (χ3n) is 21.3. The molecule has 2 aromatic carbocycles. The van der Waals surface area contributed by atoms with Gasteiger partial charge in [0.05, 0.1) is 30.8 Å². The zero-order chi connectivity index (χ0) is 75.8. The summed E-state index contributed by atoms with van der Waals surface area (Å²) in [5.74, 6) is -11.8. The molecule has 7 rings (SSSR count). The molecule has 3 aliphatic heterocycles. The van der Waals surface area contributed by atoms with Gasteiger partial charge in [0.2, 0.25) is 53.2 Å². The van der Waals surface area contributed by atoms with E-state index in [-0.39, 0.29) is 92.4 Å². The molecule has 102 heavy (non-hydrogen) atoms. The van der Waals surface area contributed by atoms with Crippen molar-refractivity contribution in [2.24, 2.45) is 17.8 Å². The second-order valence-corrected chi connectivity index (χ2v) is 28.8. The van der Waals surface area contributed by atoms with E-state index in [4.69, 9.17) is 4.74 Å². The van der Waals surface area contributed by atoms with Crippen molar-refractivity contribution < 1.29 is 87.8 Å². The van der Waals surface area contributed by atoms with E-state index in [1.54, 1.807) is 32.8 Å². The van der Waals surface area contributed by atoms with Gasteiger partial charge in [0.15, 0.2) is 0 Å². The maximum absolute atomic E-state index is 15.5. The highest BCUT2D eigenvalue weighted by atomic mass is 19.4. The number of ether oxygens (including phenoxy) is 1. The number of carbonyl (C=O) groups is 10. The molecule has 1 spiro atoms. The van der Waals surface area contributed by atoms with Crippen LogP contribution in [0, 0.1) is 29.4 Å². The van der Waals surface area contributed by atoms with Gasteiger partial charge in [-0.05, 0) is 131 Å². The van der Waals surface area contributed by atoms with Crippen LogP contribution in [-0.4, -0.2) is 233 Å². The molecule has 2 saturated heterocycles. The van der Waals surface area contributed by atoms with Crippen LogP contribution in [-0.2, 0) is 77.9 Å². The molecule has 2 saturated carbocycles. The highest BCUT2D eigenvalue weighted by molar-refractivity contribution is 6.04. The van der Waals surface area contributed by atoms with Crippen LogP contribution in [0.4, 0.5) is 35.1 Å². The first kappa shape index (κ1) is 81.5. The molecule has 0 radical (unpaired) electrons. The van der Waals surface area contributed by atoms with E-state index >= 15 is 28.0 Å². The Labute approximate surface area is 591 Å². The van der Waals surface area contributed by atoms with Gasteiger partial charge in [-0.25, -0.2) is 8.78 Å². The summed E-state index contributed by atoms with van der Waals surface area (Å²) in [7, 11) is 8.58. The van der Waals surface area contributed by atoms with Gasteiger partial charge in [-0.3, -0.25) is 47.9 Å². The summed E-state index contributed by atoms with van der Waals surface area (Å²) in [6.45, 7) is 11.6. The smallest absolute Gasteiger partial charge is 0.372 e. The molecule has 10 amide bonds. The Hall–Kier alpha value is -7.76. The topological polar surface area (TPSA) is 242 Å². The molecule has 4 fully saturated rings. The first-order valence-corrected chi connectivity index (χ1v) is 35.4. The lowest BCUT2D eigenvalue weighted by molar-refractivity contribution is -0.160. The molecule has 566 valence electrons. The summed E-state index contributed by atoms with van der Waals surface area (Å²) < 4.78 is 119. The van der Waals surface area contributed by atoms with Gasteiger partial charge in [-0.1, -0.05) is 71.9 Å². The predicted molar refractivity (Wildman–Crippen MR) is 360 cm³/mol. The standard InChI is InChI=1S/C72H101F8N11O11/c1-14-42(5)60-67(99)86(10)44(7)63(95)90-31-28-54(90)66(98)88(12)56(36-45-22-25-48(26-23-45)71(75,76)77)65(97)84(8)40-57(92)82-53(27-24-46-34-51(73)59(52(74)35-46)72(78,79)80)64(96)91-39-50(102-15-2)37-55(91)62(94)83-70(29-18-19-30-70)69(101)89(13)61(47-20-16-17-21-47)68(100)85(9)43(6)33-58(93)87(11)49(38-81-60)32-41(3)4/h22-23,25-26,34-35,37,41-44,47,49-50,53-54,56,60-61,81H,14-21,24,27-33,36,38-40H2,1-13H3,(H,82,92)(H,83,94)/t42-,43+,44-,49-,50+,53-,54-,56-,60-,61-/m0/s1. The molecule has 2 aromatic rings. The van der Waals surface area contributed by atoms with Gasteiger partial charge in [0.1, 0.15) is 58.6 Å². The van der Waals surface area contributed by atoms with E-state index in [0.717, 1.165) is 58.9 Å². The molecule has 3 N–H and O–H groups in total. The van der Waals surface area contributed by atoms with Crippen LogP contribution < -0.4 is 16.0 Å². The number of nitrogens with one attached hydrogen (secondary N) is 3. The van der Waals surface area contributed by atoms with E-state index in [1.807, 2.05) is 27.7 Å². The van der Waals surface area contributed by atoms with Crippen molar-refractivity contribution in [1.29, 1.82) is 0 Å². The summed E-state index contributed by atoms with van der Waals surface area (Å²) >= 11 is 0. The quantitative estimate of drug-likeness (QED) is 0.180. The van der Waals surface area contributed by atoms with Gasteiger partial charge in [-0.2, -0.15) is 26.3 Å². The monoisotopic (exact) mass is 1450 g/mol. The summed E-state index contributed by atoms with van der Waals surface area (Å²) in [5.41, 5.74) is -5.46. The highest BCUT2D eigenvalue weighted by Gasteiger charge is 2.51. The minimum Gasteiger partial charge on any atom is -0.372 e. The number of fused-ring (bicyclic) bond motifs is 2. The van der Waals surface area contributed by atoms with Crippen LogP contribution in [0.5, 0.6) is 0 Å². The molecular weight excluding hydrogens is 1350 g/mol. The van der Waals surface area contributed by atoms with Crippen molar-refractivity contribution in [3.8, 4) is 0 Å². The van der Waals surface area contributed by atoms with Gasteiger partial charge in [-0.15, -0.1) is 0 Å². The fraction of sp³-hybridized carbons (Fsp3) is 0.667. The maximum Gasteiger partial charge on any atom is 0.422 e. The van der Waals surface area contributed by atoms with E-state index < -0.39 is 174 Å². The number of rotatable bonds is 12. The number of aryl methyl sites for hydroxylation is 1. The Morgan fingerprint density at radius 3 is 1.85 bits per heavy atom. The molecule has 0 bridgehead atoms. The largest absolute Gasteiger partial charge is 0.422 e. The molecule has 5 aliphatic rings. The minimum absolute atomic E-state index is 0.0484.